The summed E-state index contributed by atoms with van der Waals surface area (Å²) in [6.07, 6.45) is 1.01. The molecule has 0 aromatic heterocycles. The molecule has 0 radical (unpaired) electrons. The lowest BCUT2D eigenvalue weighted by Gasteiger charge is -2.08. The van der Waals surface area contributed by atoms with Crippen LogP contribution in [-0.4, -0.2) is 5.91 Å². The number of carbonyl (C=O) groups is 1. The molecule has 2 unspecified atom stereocenters. The van der Waals surface area contributed by atoms with E-state index in [-0.39, 0.29) is 11.8 Å². The molecule has 1 aliphatic rings. The lowest BCUT2D eigenvalue weighted by molar-refractivity contribution is -0.117. The van der Waals surface area contributed by atoms with E-state index in [4.69, 9.17) is 5.73 Å². The minimum absolute atomic E-state index is 0.135. The molecule has 2 rings (SSSR count). The van der Waals surface area contributed by atoms with Gasteiger partial charge in [-0.2, -0.15) is 0 Å². The number of hydrogen-bond donors (Lipinski definition) is 2. The van der Waals surface area contributed by atoms with Crippen molar-refractivity contribution in [3.63, 3.8) is 0 Å². The summed E-state index contributed by atoms with van der Waals surface area (Å²) in [7, 11) is 0. The van der Waals surface area contributed by atoms with Crippen LogP contribution in [0.15, 0.2) is 18.2 Å². The average Bonchev–Trinajstić information content (AvgIpc) is 2.88. The molecule has 3 heteroatoms. The van der Waals surface area contributed by atoms with Gasteiger partial charge in [-0.1, -0.05) is 6.92 Å². The molecule has 0 bridgehead atoms. The highest BCUT2D eigenvalue weighted by atomic mass is 16.2. The van der Waals surface area contributed by atoms with Gasteiger partial charge in [-0.25, -0.2) is 0 Å². The molecule has 1 fully saturated rings. The maximum atomic E-state index is 11.7. The van der Waals surface area contributed by atoms with Crippen LogP contribution in [0.4, 0.5) is 11.4 Å². The molecule has 0 spiro atoms. The zero-order valence-electron chi connectivity index (χ0n) is 9.08. The number of nitrogens with two attached hydrogens (primary N) is 1. The number of carbonyl (C=O) groups excluding carboxylic acids is 1. The lowest BCUT2D eigenvalue weighted by atomic mass is 10.1. The van der Waals surface area contributed by atoms with Crippen molar-refractivity contribution in [2.75, 3.05) is 11.1 Å². The Morgan fingerprint density at radius 3 is 2.73 bits per heavy atom. The van der Waals surface area contributed by atoms with E-state index in [1.54, 1.807) is 6.07 Å². The molecule has 15 heavy (non-hydrogen) atoms. The molecule has 1 aliphatic carbocycles. The number of amides is 1. The van der Waals surface area contributed by atoms with Crippen molar-refractivity contribution in [2.24, 2.45) is 11.8 Å². The SMILES string of the molecule is Cc1cc(N)ccc1NC(=O)C1CC1C. The minimum Gasteiger partial charge on any atom is -0.399 e. The Morgan fingerprint density at radius 2 is 2.20 bits per heavy atom. The number of benzene rings is 1. The summed E-state index contributed by atoms with van der Waals surface area (Å²) in [6, 6.07) is 5.53. The molecule has 80 valence electrons. The van der Waals surface area contributed by atoms with Crippen molar-refractivity contribution in [1.29, 1.82) is 0 Å². The molecular formula is C12H16N2O. The van der Waals surface area contributed by atoms with Gasteiger partial charge in [-0.05, 0) is 43.0 Å². The summed E-state index contributed by atoms with van der Waals surface area (Å²) in [6.45, 7) is 4.04. The molecule has 3 nitrogen and oxygen atoms in total. The van der Waals surface area contributed by atoms with E-state index in [1.807, 2.05) is 19.1 Å². The van der Waals surface area contributed by atoms with E-state index in [0.29, 0.717) is 5.92 Å². The van der Waals surface area contributed by atoms with Crippen molar-refractivity contribution >= 4 is 17.3 Å². The summed E-state index contributed by atoms with van der Waals surface area (Å²) < 4.78 is 0. The van der Waals surface area contributed by atoms with Gasteiger partial charge < -0.3 is 11.1 Å². The first-order valence-corrected chi connectivity index (χ1v) is 5.25. The van der Waals surface area contributed by atoms with Gasteiger partial charge in [0.05, 0.1) is 0 Å². The van der Waals surface area contributed by atoms with E-state index >= 15 is 0 Å². The number of aryl methyl sites for hydroxylation is 1. The standard InChI is InChI=1S/C12H16N2O/c1-7-6-10(7)12(15)14-11-4-3-9(13)5-8(11)2/h3-5,7,10H,6,13H2,1-2H3,(H,14,15). The van der Waals surface area contributed by atoms with Crippen LogP contribution in [0.25, 0.3) is 0 Å². The molecule has 1 amide bonds. The first kappa shape index (κ1) is 10.0. The van der Waals surface area contributed by atoms with E-state index in [9.17, 15) is 4.79 Å². The third kappa shape index (κ3) is 2.12. The molecule has 1 saturated carbocycles. The third-order valence-corrected chi connectivity index (χ3v) is 2.95. The molecule has 1 aromatic carbocycles. The Balaban J connectivity index is 2.07. The van der Waals surface area contributed by atoms with E-state index < -0.39 is 0 Å². The monoisotopic (exact) mass is 204 g/mol. The van der Waals surface area contributed by atoms with Gasteiger partial charge in [-0.3, -0.25) is 4.79 Å². The topological polar surface area (TPSA) is 55.1 Å². The predicted molar refractivity (Wildman–Crippen MR) is 61.5 cm³/mol. The second kappa shape index (κ2) is 3.57. The average molecular weight is 204 g/mol. The van der Waals surface area contributed by atoms with Gasteiger partial charge in [0, 0.05) is 17.3 Å². The van der Waals surface area contributed by atoms with Crippen molar-refractivity contribution in [3.8, 4) is 0 Å². The second-order valence-corrected chi connectivity index (χ2v) is 4.38. The zero-order chi connectivity index (χ0) is 11.0. The number of rotatable bonds is 2. The Hall–Kier alpha value is -1.51. The first-order chi connectivity index (χ1) is 7.08. The predicted octanol–water partition coefficient (Wildman–Crippen LogP) is 2.17. The summed E-state index contributed by atoms with van der Waals surface area (Å²) in [4.78, 5) is 11.7. The fourth-order valence-corrected chi connectivity index (χ4v) is 1.74. The summed E-state index contributed by atoms with van der Waals surface area (Å²) in [5.74, 6) is 0.886. The van der Waals surface area contributed by atoms with Crippen molar-refractivity contribution in [1.82, 2.24) is 0 Å². The van der Waals surface area contributed by atoms with Gasteiger partial charge in [0.15, 0.2) is 0 Å². The normalized spacial score (nSPS) is 23.6. The van der Waals surface area contributed by atoms with E-state index in [0.717, 1.165) is 23.4 Å². The van der Waals surface area contributed by atoms with Crippen molar-refractivity contribution in [2.45, 2.75) is 20.3 Å². The molecule has 3 N–H and O–H groups in total. The number of hydrogen-bond acceptors (Lipinski definition) is 2. The maximum Gasteiger partial charge on any atom is 0.227 e. The molecule has 2 atom stereocenters. The van der Waals surface area contributed by atoms with Crippen LogP contribution in [0.5, 0.6) is 0 Å². The highest BCUT2D eigenvalue weighted by molar-refractivity contribution is 5.95. The van der Waals surface area contributed by atoms with Crippen LogP contribution >= 0.6 is 0 Å². The highest BCUT2D eigenvalue weighted by Gasteiger charge is 2.39. The quantitative estimate of drug-likeness (QED) is 0.725. The summed E-state index contributed by atoms with van der Waals surface area (Å²) >= 11 is 0. The van der Waals surface area contributed by atoms with Gasteiger partial charge in [0.25, 0.3) is 0 Å². The first-order valence-electron chi connectivity index (χ1n) is 5.25. The molecular weight excluding hydrogens is 188 g/mol. The number of nitrogen functional groups attached to an aromatic ring is 1. The fraction of sp³-hybridized carbons (Fsp3) is 0.417. The fourth-order valence-electron chi connectivity index (χ4n) is 1.74. The number of nitrogens with one attached hydrogen (secondary N) is 1. The van der Waals surface area contributed by atoms with Gasteiger partial charge in [0.2, 0.25) is 5.91 Å². The van der Waals surface area contributed by atoms with E-state index in [1.165, 1.54) is 0 Å². The van der Waals surface area contributed by atoms with Gasteiger partial charge in [-0.15, -0.1) is 0 Å². The minimum atomic E-state index is 0.135. The Morgan fingerprint density at radius 1 is 1.53 bits per heavy atom. The Bertz CT molecular complexity index is 401. The second-order valence-electron chi connectivity index (χ2n) is 4.38. The van der Waals surface area contributed by atoms with E-state index in [2.05, 4.69) is 12.2 Å². The van der Waals surface area contributed by atoms with Crippen LogP contribution in [0.3, 0.4) is 0 Å². The smallest absolute Gasteiger partial charge is 0.227 e. The molecule has 1 aromatic rings. The Labute approximate surface area is 89.7 Å². The number of anilines is 2. The maximum absolute atomic E-state index is 11.7. The largest absolute Gasteiger partial charge is 0.399 e. The molecule has 0 saturated heterocycles. The lowest BCUT2D eigenvalue weighted by Crippen LogP contribution is -2.15. The highest BCUT2D eigenvalue weighted by Crippen LogP contribution is 2.38. The molecule has 0 heterocycles. The zero-order valence-corrected chi connectivity index (χ0v) is 9.08. The van der Waals surface area contributed by atoms with Crippen LogP contribution in [0, 0.1) is 18.8 Å². The van der Waals surface area contributed by atoms with Crippen LogP contribution in [-0.2, 0) is 4.79 Å². The summed E-state index contributed by atoms with van der Waals surface area (Å²) in [5, 5.41) is 2.94. The van der Waals surface area contributed by atoms with Crippen molar-refractivity contribution in [3.05, 3.63) is 23.8 Å². The molecule has 0 aliphatic heterocycles. The summed E-state index contributed by atoms with van der Waals surface area (Å²) in [5.41, 5.74) is 8.25. The van der Waals surface area contributed by atoms with Gasteiger partial charge >= 0.3 is 0 Å². The van der Waals surface area contributed by atoms with Crippen LogP contribution < -0.4 is 11.1 Å². The van der Waals surface area contributed by atoms with Crippen molar-refractivity contribution < 1.29 is 4.79 Å². The Kier molecular flexibility index (Phi) is 2.39. The third-order valence-electron chi connectivity index (χ3n) is 2.95. The van der Waals surface area contributed by atoms with Crippen LogP contribution in [0.2, 0.25) is 0 Å². The van der Waals surface area contributed by atoms with Crippen LogP contribution in [0.1, 0.15) is 18.9 Å². The van der Waals surface area contributed by atoms with Gasteiger partial charge in [0.1, 0.15) is 0 Å².